The molecule has 0 spiro atoms. The van der Waals surface area contributed by atoms with Crippen molar-refractivity contribution in [2.24, 2.45) is 13.0 Å². The summed E-state index contributed by atoms with van der Waals surface area (Å²) in [7, 11) is 3.72. The molecule has 1 saturated heterocycles. The number of nitrogens with one attached hydrogen (secondary N) is 1. The van der Waals surface area contributed by atoms with Gasteiger partial charge >= 0.3 is 0 Å². The number of halogens is 1. The van der Waals surface area contributed by atoms with Gasteiger partial charge in [0, 0.05) is 38.3 Å². The third-order valence-electron chi connectivity index (χ3n) is 6.19. The van der Waals surface area contributed by atoms with Crippen molar-refractivity contribution in [2.75, 3.05) is 30.5 Å². The Morgan fingerprint density at radius 3 is 2.59 bits per heavy atom. The Labute approximate surface area is 203 Å². The molecule has 2 aromatic heterocycles. The average Bonchev–Trinajstić information content (AvgIpc) is 3.15. The number of anilines is 2. The molecule has 2 aromatic carbocycles. The Hall–Kier alpha value is -3.42. The van der Waals surface area contributed by atoms with Crippen molar-refractivity contribution in [3.8, 4) is 0 Å². The van der Waals surface area contributed by atoms with E-state index in [9.17, 15) is 4.79 Å². The van der Waals surface area contributed by atoms with Crippen molar-refractivity contribution in [1.82, 2.24) is 14.5 Å². The van der Waals surface area contributed by atoms with E-state index in [-0.39, 0.29) is 5.91 Å². The second-order valence-corrected chi connectivity index (χ2v) is 9.11. The summed E-state index contributed by atoms with van der Waals surface area (Å²) in [5, 5.41) is 3.95. The van der Waals surface area contributed by atoms with Gasteiger partial charge in [-0.05, 0) is 53.9 Å². The van der Waals surface area contributed by atoms with E-state index >= 15 is 0 Å². The quantitative estimate of drug-likeness (QED) is 0.419. The molecule has 0 saturated carbocycles. The standard InChI is InChI=1S/C26H26ClN5O2/c1-31-23-12-18(11-19-15-34-16-19)5-9-22(23)30-26(31)29-13-17-3-6-20(7-4-17)25(33)32(2)24-10-8-21(27)14-28-24/h3-10,12,14,19H,11,13,15-16H2,1-2H3,(H,29,30). The minimum Gasteiger partial charge on any atom is -0.381 e. The zero-order valence-electron chi connectivity index (χ0n) is 19.2. The van der Waals surface area contributed by atoms with E-state index in [0.29, 0.717) is 28.9 Å². The number of ether oxygens (including phenoxy) is 1. The minimum atomic E-state index is -0.131. The van der Waals surface area contributed by atoms with Crippen LogP contribution in [-0.2, 0) is 24.8 Å². The fourth-order valence-electron chi connectivity index (χ4n) is 4.07. The molecule has 8 heteroatoms. The molecule has 174 valence electrons. The van der Waals surface area contributed by atoms with Gasteiger partial charge in [0.2, 0.25) is 5.95 Å². The topological polar surface area (TPSA) is 72.3 Å². The Morgan fingerprint density at radius 2 is 1.91 bits per heavy atom. The molecule has 4 aromatic rings. The first-order valence-corrected chi connectivity index (χ1v) is 11.6. The van der Waals surface area contributed by atoms with E-state index in [1.165, 1.54) is 16.7 Å². The molecule has 1 aliphatic rings. The van der Waals surface area contributed by atoms with Crippen LogP contribution in [0.15, 0.2) is 60.8 Å². The van der Waals surface area contributed by atoms with E-state index in [4.69, 9.17) is 21.3 Å². The molecule has 34 heavy (non-hydrogen) atoms. The molecule has 1 amide bonds. The van der Waals surface area contributed by atoms with Crippen molar-refractivity contribution in [3.05, 3.63) is 82.5 Å². The number of aryl methyl sites for hydroxylation is 1. The maximum Gasteiger partial charge on any atom is 0.259 e. The third kappa shape index (κ3) is 4.62. The number of benzene rings is 2. The van der Waals surface area contributed by atoms with Crippen LogP contribution >= 0.6 is 11.6 Å². The lowest BCUT2D eigenvalue weighted by Gasteiger charge is -2.25. The fraction of sp³-hybridized carbons (Fsp3) is 0.269. The first-order valence-electron chi connectivity index (χ1n) is 11.2. The molecule has 1 aliphatic heterocycles. The van der Waals surface area contributed by atoms with Crippen LogP contribution in [0.1, 0.15) is 21.5 Å². The van der Waals surface area contributed by atoms with Gasteiger partial charge < -0.3 is 14.6 Å². The van der Waals surface area contributed by atoms with E-state index < -0.39 is 0 Å². The molecule has 0 bridgehead atoms. The Bertz CT molecular complexity index is 1310. The minimum absolute atomic E-state index is 0.131. The van der Waals surface area contributed by atoms with Crippen LogP contribution in [0, 0.1) is 5.92 Å². The Morgan fingerprint density at radius 1 is 1.15 bits per heavy atom. The zero-order chi connectivity index (χ0) is 23.7. The first kappa shape index (κ1) is 22.4. The zero-order valence-corrected chi connectivity index (χ0v) is 19.9. The predicted molar refractivity (Wildman–Crippen MR) is 134 cm³/mol. The third-order valence-corrected chi connectivity index (χ3v) is 6.41. The molecular weight excluding hydrogens is 450 g/mol. The SMILES string of the molecule is CN(C(=O)c1ccc(CNc2nc3ccc(CC4COC4)cc3n2C)cc1)c1ccc(Cl)cn1. The van der Waals surface area contributed by atoms with E-state index in [1.807, 2.05) is 31.3 Å². The van der Waals surface area contributed by atoms with Crippen molar-refractivity contribution in [2.45, 2.75) is 13.0 Å². The molecule has 0 radical (unpaired) electrons. The maximum absolute atomic E-state index is 12.8. The monoisotopic (exact) mass is 475 g/mol. The van der Waals surface area contributed by atoms with E-state index in [2.05, 4.69) is 33.1 Å². The summed E-state index contributed by atoms with van der Waals surface area (Å²) in [6.07, 6.45) is 2.57. The van der Waals surface area contributed by atoms with E-state index in [0.717, 1.165) is 42.2 Å². The number of carbonyl (C=O) groups excluding carboxylic acids is 1. The number of fused-ring (bicyclic) bond motifs is 1. The van der Waals surface area contributed by atoms with Crippen LogP contribution in [0.2, 0.25) is 5.02 Å². The fourth-order valence-corrected chi connectivity index (χ4v) is 4.18. The summed E-state index contributed by atoms with van der Waals surface area (Å²) in [6.45, 7) is 2.32. The Balaban J connectivity index is 1.24. The van der Waals surface area contributed by atoms with Crippen LogP contribution in [0.4, 0.5) is 11.8 Å². The van der Waals surface area contributed by atoms with Crippen LogP contribution in [0.5, 0.6) is 0 Å². The molecule has 0 unspecified atom stereocenters. The van der Waals surface area contributed by atoms with Crippen molar-refractivity contribution in [3.63, 3.8) is 0 Å². The van der Waals surface area contributed by atoms with Crippen LogP contribution in [-0.4, -0.2) is 40.7 Å². The number of imidazole rings is 1. The number of nitrogens with zero attached hydrogens (tertiary/aromatic N) is 4. The maximum atomic E-state index is 12.8. The van der Waals surface area contributed by atoms with Crippen molar-refractivity contribution < 1.29 is 9.53 Å². The number of amides is 1. The number of hydrogen-bond acceptors (Lipinski definition) is 5. The highest BCUT2D eigenvalue weighted by atomic mass is 35.5. The van der Waals surface area contributed by atoms with Crippen molar-refractivity contribution >= 4 is 40.3 Å². The predicted octanol–water partition coefficient (Wildman–Crippen LogP) is 4.70. The highest BCUT2D eigenvalue weighted by molar-refractivity contribution is 6.30. The molecule has 0 atom stereocenters. The molecule has 0 aliphatic carbocycles. The van der Waals surface area contributed by atoms with Crippen LogP contribution in [0.3, 0.4) is 0 Å². The molecule has 3 heterocycles. The number of carbonyl (C=O) groups is 1. The summed E-state index contributed by atoms with van der Waals surface area (Å²) < 4.78 is 7.38. The highest BCUT2D eigenvalue weighted by Crippen LogP contribution is 2.24. The number of hydrogen-bond donors (Lipinski definition) is 1. The number of rotatable bonds is 7. The number of aromatic nitrogens is 3. The second kappa shape index (κ2) is 9.44. The summed E-state index contributed by atoms with van der Waals surface area (Å²) in [5.41, 5.74) is 5.05. The van der Waals surface area contributed by atoms with Gasteiger partial charge in [-0.1, -0.05) is 29.8 Å². The van der Waals surface area contributed by atoms with Gasteiger partial charge in [0.25, 0.3) is 5.91 Å². The highest BCUT2D eigenvalue weighted by Gasteiger charge is 2.19. The smallest absolute Gasteiger partial charge is 0.259 e. The van der Waals surface area contributed by atoms with Gasteiger partial charge in [0.1, 0.15) is 5.82 Å². The Kier molecular flexibility index (Phi) is 6.22. The van der Waals surface area contributed by atoms with Gasteiger partial charge in [-0.2, -0.15) is 0 Å². The largest absolute Gasteiger partial charge is 0.381 e. The molecular formula is C26H26ClN5O2. The lowest BCUT2D eigenvalue weighted by Crippen LogP contribution is -2.29. The lowest BCUT2D eigenvalue weighted by molar-refractivity contribution is -0.0312. The van der Waals surface area contributed by atoms with Gasteiger partial charge in [0.05, 0.1) is 29.3 Å². The number of pyridine rings is 1. The van der Waals surface area contributed by atoms with Gasteiger partial charge in [-0.3, -0.25) is 9.69 Å². The van der Waals surface area contributed by atoms with Crippen LogP contribution in [0.25, 0.3) is 11.0 Å². The summed E-state index contributed by atoms with van der Waals surface area (Å²) in [6, 6.07) is 17.5. The average molecular weight is 476 g/mol. The summed E-state index contributed by atoms with van der Waals surface area (Å²) in [5.74, 6) is 1.85. The van der Waals surface area contributed by atoms with E-state index in [1.54, 1.807) is 19.2 Å². The van der Waals surface area contributed by atoms with Gasteiger partial charge in [0.15, 0.2) is 0 Å². The normalized spacial score (nSPS) is 13.6. The summed E-state index contributed by atoms with van der Waals surface area (Å²) >= 11 is 5.89. The van der Waals surface area contributed by atoms with Crippen LogP contribution < -0.4 is 10.2 Å². The van der Waals surface area contributed by atoms with Gasteiger partial charge in [-0.15, -0.1) is 0 Å². The van der Waals surface area contributed by atoms with Gasteiger partial charge in [-0.25, -0.2) is 9.97 Å². The van der Waals surface area contributed by atoms with Crippen molar-refractivity contribution in [1.29, 1.82) is 0 Å². The second-order valence-electron chi connectivity index (χ2n) is 8.67. The molecule has 1 fully saturated rings. The first-order chi connectivity index (χ1) is 16.5. The molecule has 1 N–H and O–H groups in total. The molecule has 7 nitrogen and oxygen atoms in total. The lowest BCUT2D eigenvalue weighted by atomic mass is 9.98. The molecule has 5 rings (SSSR count). The summed E-state index contributed by atoms with van der Waals surface area (Å²) in [4.78, 5) is 23.3.